The maximum atomic E-state index is 12.0. The topological polar surface area (TPSA) is 84.9 Å². The van der Waals surface area contributed by atoms with Gasteiger partial charge in [0.05, 0.1) is 12.6 Å². The van der Waals surface area contributed by atoms with Crippen LogP contribution in [-0.4, -0.2) is 35.7 Å². The first-order valence-electron chi connectivity index (χ1n) is 10.2. The highest BCUT2D eigenvalue weighted by molar-refractivity contribution is 5.72. The molecule has 0 aliphatic rings. The molecule has 1 unspecified atom stereocenters. The van der Waals surface area contributed by atoms with Crippen LogP contribution in [0, 0.1) is 0 Å². The van der Waals surface area contributed by atoms with E-state index in [4.69, 9.17) is 9.47 Å². The van der Waals surface area contributed by atoms with Crippen LogP contribution in [0.5, 0.6) is 5.75 Å². The van der Waals surface area contributed by atoms with Gasteiger partial charge < -0.3 is 19.9 Å². The number of hydrogen-bond acceptors (Lipinski definition) is 6. The molecule has 0 spiro atoms. The summed E-state index contributed by atoms with van der Waals surface area (Å²) in [6.45, 7) is 5.64. The average Bonchev–Trinajstić information content (AvgIpc) is 2.68. The molecule has 6 heteroatoms. The van der Waals surface area contributed by atoms with E-state index in [1.54, 1.807) is 45.0 Å². The fourth-order valence-electron chi connectivity index (χ4n) is 2.83. The van der Waals surface area contributed by atoms with Gasteiger partial charge in [-0.25, -0.2) is 0 Å². The number of aliphatic hydroxyl groups excluding tert-OH is 1. The van der Waals surface area contributed by atoms with Crippen molar-refractivity contribution in [2.45, 2.75) is 51.7 Å². The molecule has 2 N–H and O–H groups in total. The van der Waals surface area contributed by atoms with Crippen molar-refractivity contribution in [3.05, 3.63) is 65.7 Å². The Hall–Kier alpha value is -2.70. The van der Waals surface area contributed by atoms with Gasteiger partial charge in [0, 0.05) is 13.0 Å². The highest BCUT2D eigenvalue weighted by atomic mass is 16.6. The van der Waals surface area contributed by atoms with E-state index in [2.05, 4.69) is 5.32 Å². The summed E-state index contributed by atoms with van der Waals surface area (Å²) in [5, 5.41) is 13.1. The Kier molecular flexibility index (Phi) is 9.02. The molecule has 0 aliphatic carbocycles. The van der Waals surface area contributed by atoms with Gasteiger partial charge in [-0.3, -0.25) is 9.59 Å². The predicted molar refractivity (Wildman–Crippen MR) is 115 cm³/mol. The van der Waals surface area contributed by atoms with Crippen LogP contribution in [0.25, 0.3) is 0 Å². The number of ether oxygens (including phenoxy) is 2. The maximum absolute atomic E-state index is 12.0. The lowest BCUT2D eigenvalue weighted by atomic mass is 10.1. The smallest absolute Gasteiger partial charge is 0.320 e. The van der Waals surface area contributed by atoms with Crippen molar-refractivity contribution in [3.8, 4) is 5.75 Å². The average molecular weight is 414 g/mol. The van der Waals surface area contributed by atoms with Crippen molar-refractivity contribution in [2.75, 3.05) is 13.1 Å². The van der Waals surface area contributed by atoms with E-state index in [1.165, 1.54) is 5.56 Å². The molecule has 162 valence electrons. The summed E-state index contributed by atoms with van der Waals surface area (Å²) in [5.41, 5.74) is 1.33. The van der Waals surface area contributed by atoms with Gasteiger partial charge in [-0.05, 0) is 56.9 Å². The molecule has 30 heavy (non-hydrogen) atoms. The highest BCUT2D eigenvalue weighted by Gasteiger charge is 2.16. The number of carbonyl (C=O) groups is 2. The number of carbonyl (C=O) groups excluding carboxylic acids is 2. The summed E-state index contributed by atoms with van der Waals surface area (Å²) in [6, 6.07) is 16.7. The molecule has 0 radical (unpaired) electrons. The van der Waals surface area contributed by atoms with Crippen molar-refractivity contribution in [3.63, 3.8) is 0 Å². The molecule has 2 rings (SSSR count). The number of hydrogen-bond donors (Lipinski definition) is 2. The molecule has 0 saturated carbocycles. The molecule has 0 aromatic heterocycles. The van der Waals surface area contributed by atoms with E-state index < -0.39 is 11.7 Å². The van der Waals surface area contributed by atoms with Crippen molar-refractivity contribution in [1.29, 1.82) is 0 Å². The van der Waals surface area contributed by atoms with Gasteiger partial charge in [0.2, 0.25) is 0 Å². The van der Waals surface area contributed by atoms with Crippen LogP contribution in [0.1, 0.15) is 50.8 Å². The van der Waals surface area contributed by atoms with E-state index in [-0.39, 0.29) is 25.0 Å². The fourth-order valence-corrected chi connectivity index (χ4v) is 2.83. The Morgan fingerprint density at radius 2 is 1.67 bits per heavy atom. The Balaban J connectivity index is 1.70. The van der Waals surface area contributed by atoms with Crippen molar-refractivity contribution >= 4 is 11.9 Å². The van der Waals surface area contributed by atoms with Gasteiger partial charge in [-0.2, -0.15) is 0 Å². The quantitative estimate of drug-likeness (QED) is 0.457. The molecule has 1 atom stereocenters. The van der Waals surface area contributed by atoms with E-state index in [1.807, 2.05) is 30.3 Å². The van der Waals surface area contributed by atoms with Crippen LogP contribution in [0.4, 0.5) is 0 Å². The zero-order valence-electron chi connectivity index (χ0n) is 17.9. The zero-order chi connectivity index (χ0) is 22.0. The molecule has 0 amide bonds. The number of esters is 2. The third-order valence-electron chi connectivity index (χ3n) is 4.21. The lowest BCUT2D eigenvalue weighted by Crippen LogP contribution is -2.33. The summed E-state index contributed by atoms with van der Waals surface area (Å²) >= 11 is 0. The molecule has 2 aromatic rings. The highest BCUT2D eigenvalue weighted by Crippen LogP contribution is 2.18. The molecule has 6 nitrogen and oxygen atoms in total. The minimum atomic E-state index is -0.789. The van der Waals surface area contributed by atoms with Crippen LogP contribution in [-0.2, 0) is 20.7 Å². The Bertz CT molecular complexity index is 797. The SMILES string of the molecule is CC(C)(C)OC(=O)CNCC(O)c1ccc(OC(=O)CCCc2ccccc2)cc1. The minimum absolute atomic E-state index is 0.0208. The summed E-state index contributed by atoms with van der Waals surface area (Å²) in [4.78, 5) is 23.7. The minimum Gasteiger partial charge on any atom is -0.459 e. The Morgan fingerprint density at radius 1 is 1.00 bits per heavy atom. The molecule has 0 aliphatic heterocycles. The maximum Gasteiger partial charge on any atom is 0.320 e. The summed E-state index contributed by atoms with van der Waals surface area (Å²) in [5.74, 6) is -0.208. The van der Waals surface area contributed by atoms with Gasteiger partial charge in [-0.1, -0.05) is 42.5 Å². The van der Waals surface area contributed by atoms with E-state index >= 15 is 0 Å². The van der Waals surface area contributed by atoms with E-state index in [9.17, 15) is 14.7 Å². The third kappa shape index (κ3) is 9.20. The summed E-state index contributed by atoms with van der Waals surface area (Å²) < 4.78 is 10.5. The van der Waals surface area contributed by atoms with Crippen molar-refractivity contribution in [2.24, 2.45) is 0 Å². The van der Waals surface area contributed by atoms with Crippen molar-refractivity contribution < 1.29 is 24.2 Å². The molecule has 0 heterocycles. The first-order valence-corrected chi connectivity index (χ1v) is 10.2. The molecule has 2 aromatic carbocycles. The van der Waals surface area contributed by atoms with Crippen molar-refractivity contribution in [1.82, 2.24) is 5.32 Å². The van der Waals surface area contributed by atoms with E-state index in [0.29, 0.717) is 17.7 Å². The summed E-state index contributed by atoms with van der Waals surface area (Å²) in [7, 11) is 0. The standard InChI is InChI=1S/C24H31NO5/c1-24(2,3)30-23(28)17-25-16-21(26)19-12-14-20(15-13-19)29-22(27)11-7-10-18-8-5-4-6-9-18/h4-6,8-9,12-15,21,25-26H,7,10-11,16-17H2,1-3H3. The second-order valence-corrected chi connectivity index (χ2v) is 8.12. The van der Waals surface area contributed by atoms with Crippen LogP contribution < -0.4 is 10.1 Å². The lowest BCUT2D eigenvalue weighted by molar-refractivity contribution is -0.153. The first kappa shape index (κ1) is 23.6. The normalized spacial score (nSPS) is 12.3. The monoisotopic (exact) mass is 413 g/mol. The summed E-state index contributed by atoms with van der Waals surface area (Å²) in [6.07, 6.45) is 1.11. The zero-order valence-corrected chi connectivity index (χ0v) is 17.9. The molecular formula is C24H31NO5. The predicted octanol–water partition coefficient (Wildman–Crippen LogP) is 3.58. The van der Waals surface area contributed by atoms with Gasteiger partial charge in [-0.15, -0.1) is 0 Å². The molecular weight excluding hydrogens is 382 g/mol. The second kappa shape index (κ2) is 11.5. The number of aliphatic hydroxyl groups is 1. The largest absolute Gasteiger partial charge is 0.459 e. The number of rotatable bonds is 10. The molecule has 0 bridgehead atoms. The molecule has 0 fully saturated rings. The molecule has 0 saturated heterocycles. The van der Waals surface area contributed by atoms with Gasteiger partial charge in [0.15, 0.2) is 0 Å². The van der Waals surface area contributed by atoms with E-state index in [0.717, 1.165) is 12.8 Å². The Morgan fingerprint density at radius 3 is 2.30 bits per heavy atom. The number of benzene rings is 2. The number of nitrogens with one attached hydrogen (secondary N) is 1. The van der Waals surface area contributed by atoms with Gasteiger partial charge in [0.1, 0.15) is 11.4 Å². The van der Waals surface area contributed by atoms with Gasteiger partial charge >= 0.3 is 11.9 Å². The Labute approximate surface area is 178 Å². The second-order valence-electron chi connectivity index (χ2n) is 8.12. The van der Waals surface area contributed by atoms with Crippen LogP contribution in [0.3, 0.4) is 0 Å². The third-order valence-corrected chi connectivity index (χ3v) is 4.21. The van der Waals surface area contributed by atoms with Crippen LogP contribution in [0.15, 0.2) is 54.6 Å². The lowest BCUT2D eigenvalue weighted by Gasteiger charge is -2.20. The van der Waals surface area contributed by atoms with Crippen LogP contribution >= 0.6 is 0 Å². The fraction of sp³-hybridized carbons (Fsp3) is 0.417. The first-order chi connectivity index (χ1) is 14.2. The van der Waals surface area contributed by atoms with Gasteiger partial charge in [0.25, 0.3) is 0 Å². The number of aryl methyl sites for hydroxylation is 1. The van der Waals surface area contributed by atoms with Crippen LogP contribution in [0.2, 0.25) is 0 Å².